The Balaban J connectivity index is 1.86. The normalized spacial score (nSPS) is 15.8. The lowest BCUT2D eigenvalue weighted by atomic mass is 9.95. The molecule has 1 fully saturated rings. The molecule has 1 aromatic heterocycles. The summed E-state index contributed by atoms with van der Waals surface area (Å²) in [5, 5.41) is 11.7. The number of nitrogens with zero attached hydrogens (tertiary/aromatic N) is 2. The number of amides is 1. The Morgan fingerprint density at radius 3 is 2.50 bits per heavy atom. The van der Waals surface area contributed by atoms with Gasteiger partial charge in [0, 0.05) is 5.56 Å². The molecule has 1 atom stereocenters. The van der Waals surface area contributed by atoms with Gasteiger partial charge in [-0.1, -0.05) is 56.2 Å². The molecule has 1 saturated heterocycles. The quantitative estimate of drug-likeness (QED) is 0.0694. The number of carbonyl (C=O) groups excluding carboxylic acids is 3. The highest BCUT2D eigenvalue weighted by Crippen LogP contribution is 2.45. The van der Waals surface area contributed by atoms with Crippen LogP contribution in [0, 0.1) is 6.92 Å². The van der Waals surface area contributed by atoms with Crippen molar-refractivity contribution in [1.29, 1.82) is 0 Å². The van der Waals surface area contributed by atoms with Crippen LogP contribution in [0.1, 0.15) is 79.0 Å². The van der Waals surface area contributed by atoms with E-state index in [1.165, 1.54) is 12.0 Å². The van der Waals surface area contributed by atoms with Crippen molar-refractivity contribution in [2.75, 3.05) is 31.8 Å². The third-order valence-electron chi connectivity index (χ3n) is 6.99. The molecule has 44 heavy (non-hydrogen) atoms. The first-order valence-corrected chi connectivity index (χ1v) is 15.6. The van der Waals surface area contributed by atoms with Gasteiger partial charge in [-0.3, -0.25) is 14.5 Å². The maximum Gasteiger partial charge on any atom is 0.350 e. The van der Waals surface area contributed by atoms with E-state index in [2.05, 4.69) is 11.9 Å². The number of benzene rings is 2. The van der Waals surface area contributed by atoms with Crippen molar-refractivity contribution in [1.82, 2.24) is 4.98 Å². The second kappa shape index (κ2) is 14.9. The van der Waals surface area contributed by atoms with Crippen molar-refractivity contribution < 1.29 is 38.4 Å². The summed E-state index contributed by atoms with van der Waals surface area (Å²) >= 11 is 0.946. The number of ether oxygens (including phenoxy) is 4. The number of carbonyl (C=O) groups is 3. The van der Waals surface area contributed by atoms with E-state index in [0.717, 1.165) is 37.0 Å². The SMILES string of the molecule is CCCCCOc1ccc(C2/C(=C(\O)c3cccc(OCCC)c3)C(=O)C(=O)N2c2nc(C)c(C(=O)OCC)s2)cc1OC. The number of methoxy groups -OCH3 is 1. The van der Waals surface area contributed by atoms with E-state index in [9.17, 15) is 19.5 Å². The number of aromatic nitrogens is 1. The summed E-state index contributed by atoms with van der Waals surface area (Å²) < 4.78 is 22.5. The molecule has 4 rings (SSSR count). The molecule has 0 bridgehead atoms. The lowest BCUT2D eigenvalue weighted by molar-refractivity contribution is -0.132. The zero-order chi connectivity index (χ0) is 31.8. The first kappa shape index (κ1) is 32.5. The van der Waals surface area contributed by atoms with Crippen LogP contribution in [0.25, 0.3) is 5.76 Å². The lowest BCUT2D eigenvalue weighted by Gasteiger charge is -2.24. The highest BCUT2D eigenvalue weighted by Gasteiger charge is 2.48. The van der Waals surface area contributed by atoms with Gasteiger partial charge in [-0.2, -0.15) is 0 Å². The van der Waals surface area contributed by atoms with E-state index in [1.807, 2.05) is 6.92 Å². The largest absolute Gasteiger partial charge is 0.507 e. The predicted molar refractivity (Wildman–Crippen MR) is 168 cm³/mol. The van der Waals surface area contributed by atoms with Gasteiger partial charge in [0.1, 0.15) is 16.4 Å². The average Bonchev–Trinajstić information content (AvgIpc) is 3.54. The van der Waals surface area contributed by atoms with Crippen molar-refractivity contribution in [3.63, 3.8) is 0 Å². The van der Waals surface area contributed by atoms with Crippen molar-refractivity contribution in [2.45, 2.75) is 59.4 Å². The molecule has 1 aliphatic heterocycles. The average molecular weight is 623 g/mol. The van der Waals surface area contributed by atoms with Gasteiger partial charge in [-0.25, -0.2) is 9.78 Å². The van der Waals surface area contributed by atoms with Crippen LogP contribution in [-0.4, -0.2) is 54.7 Å². The number of hydrogen-bond acceptors (Lipinski definition) is 10. The van der Waals surface area contributed by atoms with Crippen molar-refractivity contribution in [3.8, 4) is 17.2 Å². The molecule has 1 aliphatic rings. The molecule has 0 saturated carbocycles. The van der Waals surface area contributed by atoms with Crippen LogP contribution in [0.4, 0.5) is 5.13 Å². The maximum absolute atomic E-state index is 13.7. The molecule has 0 radical (unpaired) electrons. The Hall–Kier alpha value is -4.38. The molecule has 1 unspecified atom stereocenters. The summed E-state index contributed by atoms with van der Waals surface area (Å²) in [7, 11) is 1.51. The minimum Gasteiger partial charge on any atom is -0.507 e. The molecule has 3 aromatic rings. The Morgan fingerprint density at radius 1 is 1.00 bits per heavy atom. The second-order valence-corrected chi connectivity index (χ2v) is 11.1. The number of Topliss-reactive ketones (excluding diaryl/α,β-unsaturated/α-hetero) is 1. The first-order valence-electron chi connectivity index (χ1n) is 14.7. The van der Waals surface area contributed by atoms with Gasteiger partial charge in [0.25, 0.3) is 5.78 Å². The van der Waals surface area contributed by atoms with E-state index in [-0.39, 0.29) is 27.9 Å². The standard InChI is InChI=1S/C33H38N2O8S/c1-6-9-10-17-43-24-15-14-21(19-25(24)40-5)27-26(28(36)22-12-11-13-23(18-22)42-16-7-2)29(37)31(38)35(27)33-34-20(4)30(44-33)32(39)41-8-3/h11-15,18-19,27,36H,6-10,16-17H2,1-5H3/b28-26+. The van der Waals surface area contributed by atoms with Crippen LogP contribution >= 0.6 is 11.3 Å². The number of hydrogen-bond donors (Lipinski definition) is 1. The van der Waals surface area contributed by atoms with Crippen LogP contribution in [0.3, 0.4) is 0 Å². The molecule has 1 N–H and O–H groups in total. The van der Waals surface area contributed by atoms with Gasteiger partial charge in [0.15, 0.2) is 16.6 Å². The van der Waals surface area contributed by atoms with E-state index < -0.39 is 23.7 Å². The number of unbranched alkanes of at least 4 members (excludes halogenated alkanes) is 2. The number of aliphatic hydroxyl groups excluding tert-OH is 1. The minimum absolute atomic E-state index is 0.121. The van der Waals surface area contributed by atoms with Crippen molar-refractivity contribution in [2.24, 2.45) is 0 Å². The summed E-state index contributed by atoms with van der Waals surface area (Å²) in [5.41, 5.74) is 1.02. The van der Waals surface area contributed by atoms with Gasteiger partial charge >= 0.3 is 11.9 Å². The molecule has 2 heterocycles. The topological polar surface area (TPSA) is 124 Å². The number of rotatable bonds is 14. The summed E-state index contributed by atoms with van der Waals surface area (Å²) in [6.45, 7) is 8.58. The van der Waals surface area contributed by atoms with E-state index in [0.29, 0.717) is 47.3 Å². The van der Waals surface area contributed by atoms with Crippen LogP contribution < -0.4 is 19.1 Å². The highest BCUT2D eigenvalue weighted by molar-refractivity contribution is 7.17. The lowest BCUT2D eigenvalue weighted by Crippen LogP contribution is -2.29. The predicted octanol–water partition coefficient (Wildman–Crippen LogP) is 6.62. The molecule has 0 aliphatic carbocycles. The Morgan fingerprint density at radius 2 is 1.80 bits per heavy atom. The fraction of sp³-hybridized carbons (Fsp3) is 0.394. The summed E-state index contributed by atoms with van der Waals surface area (Å²) in [5.74, 6) is -1.29. The van der Waals surface area contributed by atoms with Crippen molar-refractivity contribution in [3.05, 3.63) is 69.7 Å². The smallest absolute Gasteiger partial charge is 0.350 e. The third kappa shape index (κ3) is 6.88. The molecule has 0 spiro atoms. The zero-order valence-electron chi connectivity index (χ0n) is 25.7. The van der Waals surface area contributed by atoms with Crippen LogP contribution in [0.2, 0.25) is 0 Å². The monoisotopic (exact) mass is 622 g/mol. The van der Waals surface area contributed by atoms with Gasteiger partial charge in [0.2, 0.25) is 0 Å². The Labute approximate surface area is 261 Å². The van der Waals surface area contributed by atoms with Crippen LogP contribution in [0.5, 0.6) is 17.2 Å². The second-order valence-electron chi connectivity index (χ2n) is 10.1. The van der Waals surface area contributed by atoms with E-state index in [4.69, 9.17) is 18.9 Å². The minimum atomic E-state index is -1.08. The third-order valence-corrected chi connectivity index (χ3v) is 8.12. The van der Waals surface area contributed by atoms with Crippen LogP contribution in [-0.2, 0) is 14.3 Å². The Bertz CT molecular complexity index is 1550. The molecule has 1 amide bonds. The van der Waals surface area contributed by atoms with Crippen LogP contribution in [0.15, 0.2) is 48.0 Å². The molecular weight excluding hydrogens is 584 g/mol. The van der Waals surface area contributed by atoms with Gasteiger partial charge < -0.3 is 24.1 Å². The highest BCUT2D eigenvalue weighted by atomic mass is 32.1. The molecule has 234 valence electrons. The molecule has 2 aromatic carbocycles. The summed E-state index contributed by atoms with van der Waals surface area (Å²) in [4.78, 5) is 45.9. The molecule has 11 heteroatoms. The first-order chi connectivity index (χ1) is 21.2. The molecule has 10 nitrogen and oxygen atoms in total. The number of thiazole rings is 1. The number of aryl methyl sites for hydroxylation is 1. The number of esters is 1. The fourth-order valence-corrected chi connectivity index (χ4v) is 5.82. The number of aliphatic hydroxyl groups is 1. The number of ketones is 1. The van der Waals surface area contributed by atoms with Gasteiger partial charge in [-0.15, -0.1) is 0 Å². The summed E-state index contributed by atoms with van der Waals surface area (Å²) in [6.07, 6.45) is 3.76. The van der Waals surface area contributed by atoms with E-state index in [1.54, 1.807) is 56.3 Å². The molecular formula is C33H38N2O8S. The fourth-order valence-electron chi connectivity index (χ4n) is 4.83. The van der Waals surface area contributed by atoms with Crippen molar-refractivity contribution >= 4 is 39.9 Å². The summed E-state index contributed by atoms with van der Waals surface area (Å²) in [6, 6.07) is 10.8. The Kier molecular flexibility index (Phi) is 11.0. The van der Waals surface area contributed by atoms with Gasteiger partial charge in [0.05, 0.1) is 44.2 Å². The van der Waals surface area contributed by atoms with E-state index >= 15 is 0 Å². The maximum atomic E-state index is 13.7. The van der Waals surface area contributed by atoms with Gasteiger partial charge in [-0.05, 0) is 56.5 Å². The number of anilines is 1. The zero-order valence-corrected chi connectivity index (χ0v) is 26.5.